The van der Waals surface area contributed by atoms with Crippen molar-refractivity contribution in [2.75, 3.05) is 13.7 Å². The highest BCUT2D eigenvalue weighted by atomic mass is 35.5. The highest BCUT2D eigenvalue weighted by molar-refractivity contribution is 6.30. The Balaban J connectivity index is 1.31. The second-order valence-electron chi connectivity index (χ2n) is 11.0. The van der Waals surface area contributed by atoms with Gasteiger partial charge in [-0.3, -0.25) is 4.79 Å². The molecule has 10 nitrogen and oxygen atoms in total. The van der Waals surface area contributed by atoms with E-state index in [2.05, 4.69) is 34.5 Å². The van der Waals surface area contributed by atoms with Gasteiger partial charge >= 0.3 is 5.97 Å². The molecule has 0 spiro atoms. The molecule has 45 heavy (non-hydrogen) atoms. The van der Waals surface area contributed by atoms with Crippen LogP contribution in [0.5, 0.6) is 5.75 Å². The van der Waals surface area contributed by atoms with Gasteiger partial charge < -0.3 is 24.4 Å². The Hall–Kier alpha value is -3.89. The van der Waals surface area contributed by atoms with Crippen molar-refractivity contribution < 1.29 is 33.7 Å². The quantitative estimate of drug-likeness (QED) is 0.0584. The van der Waals surface area contributed by atoms with Gasteiger partial charge in [0, 0.05) is 24.5 Å². The monoisotopic (exact) mass is 642 g/mol. The Morgan fingerprint density at radius 2 is 1.84 bits per heavy atom. The number of nitrogens with zero attached hydrogens (tertiary/aromatic N) is 1. The summed E-state index contributed by atoms with van der Waals surface area (Å²) in [6, 6.07) is 13.4. The normalized spacial score (nSPS) is 18.6. The minimum Gasteiger partial charge on any atom is -0.493 e. The molecule has 1 aliphatic rings. The SMILES string of the molecule is COC1CCC(C/C=C\CCCC(=O)NC(C)C(=O)OCc2cccc(CO[N+](=O)[O-])c2)C1/C=C/CCOc1cccc(Cl)c1. The van der Waals surface area contributed by atoms with Gasteiger partial charge in [0.2, 0.25) is 5.91 Å². The fraction of sp³-hybridized carbons (Fsp3) is 0.471. The molecule has 1 amide bonds. The van der Waals surface area contributed by atoms with E-state index >= 15 is 0 Å². The number of unbranched alkanes of at least 4 members (excludes halogenated alkanes) is 1. The highest BCUT2D eigenvalue weighted by Gasteiger charge is 2.33. The zero-order valence-electron chi connectivity index (χ0n) is 25.9. The van der Waals surface area contributed by atoms with Gasteiger partial charge in [-0.05, 0) is 80.7 Å². The Labute approximate surface area is 269 Å². The molecular weight excluding hydrogens is 600 g/mol. The van der Waals surface area contributed by atoms with E-state index in [0.29, 0.717) is 47.4 Å². The molecule has 2 aromatic rings. The minimum absolute atomic E-state index is 0.0166. The van der Waals surface area contributed by atoms with Crippen molar-refractivity contribution in [3.8, 4) is 5.75 Å². The third-order valence-electron chi connectivity index (χ3n) is 7.63. The summed E-state index contributed by atoms with van der Waals surface area (Å²) < 4.78 is 16.8. The fourth-order valence-corrected chi connectivity index (χ4v) is 5.49. The van der Waals surface area contributed by atoms with Crippen molar-refractivity contribution in [1.82, 2.24) is 5.32 Å². The average molecular weight is 643 g/mol. The molecule has 4 unspecified atom stereocenters. The number of hydrogen-bond acceptors (Lipinski definition) is 8. The molecule has 0 heterocycles. The first-order chi connectivity index (χ1) is 21.7. The Kier molecular flexibility index (Phi) is 15.4. The predicted molar refractivity (Wildman–Crippen MR) is 171 cm³/mol. The number of halogens is 1. The number of esters is 1. The Morgan fingerprint density at radius 1 is 1.07 bits per heavy atom. The predicted octanol–water partition coefficient (Wildman–Crippen LogP) is 6.78. The molecule has 0 bridgehead atoms. The second-order valence-corrected chi connectivity index (χ2v) is 11.5. The lowest BCUT2D eigenvalue weighted by Crippen LogP contribution is -2.39. The van der Waals surface area contributed by atoms with Crippen molar-refractivity contribution >= 4 is 23.5 Å². The van der Waals surface area contributed by atoms with Gasteiger partial charge in [0.1, 0.15) is 25.0 Å². The van der Waals surface area contributed by atoms with Crippen LogP contribution in [0.1, 0.15) is 63.0 Å². The van der Waals surface area contributed by atoms with Gasteiger partial charge in [-0.15, -0.1) is 10.1 Å². The summed E-state index contributed by atoms with van der Waals surface area (Å²) in [7, 11) is 1.77. The topological polar surface area (TPSA) is 126 Å². The number of allylic oxidation sites excluding steroid dienone is 2. The molecule has 1 fully saturated rings. The van der Waals surface area contributed by atoms with E-state index in [-0.39, 0.29) is 25.2 Å². The Morgan fingerprint density at radius 3 is 2.60 bits per heavy atom. The molecule has 0 aliphatic heterocycles. The number of benzene rings is 2. The van der Waals surface area contributed by atoms with Crippen molar-refractivity contribution in [3.63, 3.8) is 0 Å². The van der Waals surface area contributed by atoms with Gasteiger partial charge in [-0.2, -0.15) is 0 Å². The molecule has 0 radical (unpaired) electrons. The van der Waals surface area contributed by atoms with Crippen molar-refractivity contribution in [2.45, 2.75) is 77.2 Å². The first-order valence-corrected chi connectivity index (χ1v) is 15.7. The van der Waals surface area contributed by atoms with E-state index in [0.717, 1.165) is 37.9 Å². The number of methoxy groups -OCH3 is 1. The van der Waals surface area contributed by atoms with Gasteiger partial charge in [-0.1, -0.05) is 66.2 Å². The number of amides is 1. The van der Waals surface area contributed by atoms with Crippen LogP contribution in [0.25, 0.3) is 0 Å². The third-order valence-corrected chi connectivity index (χ3v) is 7.86. The maximum Gasteiger partial charge on any atom is 0.328 e. The maximum atomic E-state index is 12.4. The molecule has 3 rings (SSSR count). The van der Waals surface area contributed by atoms with Crippen LogP contribution in [-0.2, 0) is 37.1 Å². The molecule has 11 heteroatoms. The summed E-state index contributed by atoms with van der Waals surface area (Å²) in [5, 5.41) is 12.9. The standard InChI is InChI=1S/C34H43ClN2O8/c1-25(34(39)44-23-26-11-9-12-27(21-26)24-45-37(40)41)36-33(38)17-6-4-3-5-13-28-18-19-32(42-2)31(28)16-7-8-20-43-30-15-10-14-29(35)22-30/h3,5,7,9-12,14-16,21-22,25,28,31-32H,4,6,8,13,17-20,23-24H2,1-2H3,(H,36,38)/b5-3-,16-7+. The summed E-state index contributed by atoms with van der Waals surface area (Å²) in [5.74, 6) is 0.852. The molecule has 1 aliphatic carbocycles. The number of nitrogens with one attached hydrogen (secondary N) is 1. The Bertz CT molecular complexity index is 1300. The molecule has 2 aromatic carbocycles. The minimum atomic E-state index is -0.862. The van der Waals surface area contributed by atoms with Gasteiger partial charge in [-0.25, -0.2) is 4.79 Å². The van der Waals surface area contributed by atoms with Crippen LogP contribution in [0.3, 0.4) is 0 Å². The summed E-state index contributed by atoms with van der Waals surface area (Å²) in [6.07, 6.45) is 14.6. The summed E-state index contributed by atoms with van der Waals surface area (Å²) in [6.45, 7) is 1.95. The number of rotatable bonds is 19. The maximum absolute atomic E-state index is 12.4. The summed E-state index contributed by atoms with van der Waals surface area (Å²) in [4.78, 5) is 39.4. The first-order valence-electron chi connectivity index (χ1n) is 15.3. The first kappa shape index (κ1) is 35.6. The van der Waals surface area contributed by atoms with E-state index in [4.69, 9.17) is 25.8 Å². The van der Waals surface area contributed by atoms with Crippen LogP contribution in [0.2, 0.25) is 5.02 Å². The fourth-order valence-electron chi connectivity index (χ4n) is 5.31. The van der Waals surface area contributed by atoms with E-state index in [1.54, 1.807) is 38.3 Å². The molecule has 1 N–H and O–H groups in total. The van der Waals surface area contributed by atoms with Crippen molar-refractivity contribution in [1.29, 1.82) is 0 Å². The molecule has 4 atom stereocenters. The van der Waals surface area contributed by atoms with Gasteiger partial charge in [0.25, 0.3) is 5.09 Å². The lowest BCUT2D eigenvalue weighted by Gasteiger charge is -2.20. The number of carbonyl (C=O) groups excluding carboxylic acids is 2. The largest absolute Gasteiger partial charge is 0.493 e. The molecule has 244 valence electrons. The molecule has 0 aromatic heterocycles. The van der Waals surface area contributed by atoms with Gasteiger partial charge in [0.05, 0.1) is 12.7 Å². The van der Waals surface area contributed by atoms with E-state index in [1.807, 2.05) is 24.3 Å². The average Bonchev–Trinajstić information content (AvgIpc) is 3.42. The summed E-state index contributed by atoms with van der Waals surface area (Å²) in [5.41, 5.74) is 1.25. The van der Waals surface area contributed by atoms with Crippen LogP contribution < -0.4 is 10.1 Å². The van der Waals surface area contributed by atoms with Crippen molar-refractivity contribution in [3.05, 3.63) is 99.1 Å². The van der Waals surface area contributed by atoms with Crippen LogP contribution in [0.4, 0.5) is 0 Å². The lowest BCUT2D eigenvalue weighted by atomic mass is 9.91. The van der Waals surface area contributed by atoms with E-state index in [9.17, 15) is 19.7 Å². The zero-order valence-corrected chi connectivity index (χ0v) is 26.7. The number of carbonyl (C=O) groups is 2. The van der Waals surface area contributed by atoms with E-state index in [1.165, 1.54) is 0 Å². The lowest BCUT2D eigenvalue weighted by molar-refractivity contribution is -0.763. The third kappa shape index (κ3) is 13.3. The molecule has 1 saturated carbocycles. The van der Waals surface area contributed by atoms with Crippen LogP contribution in [0, 0.1) is 22.0 Å². The van der Waals surface area contributed by atoms with Crippen LogP contribution in [-0.4, -0.2) is 42.8 Å². The second kappa shape index (κ2) is 19.5. The molecular formula is C34H43ClN2O8. The number of hydrogen-bond donors (Lipinski definition) is 1. The van der Waals surface area contributed by atoms with Crippen molar-refractivity contribution in [2.24, 2.45) is 11.8 Å². The van der Waals surface area contributed by atoms with Crippen LogP contribution in [0.15, 0.2) is 72.8 Å². The summed E-state index contributed by atoms with van der Waals surface area (Å²) >= 11 is 6.01. The van der Waals surface area contributed by atoms with Crippen LogP contribution >= 0.6 is 11.6 Å². The van der Waals surface area contributed by atoms with E-state index < -0.39 is 17.1 Å². The smallest absolute Gasteiger partial charge is 0.328 e. The highest BCUT2D eigenvalue weighted by Crippen LogP contribution is 2.37. The van der Waals surface area contributed by atoms with Gasteiger partial charge in [0.15, 0.2) is 0 Å². The zero-order chi connectivity index (χ0) is 32.4. The number of ether oxygens (including phenoxy) is 3. The molecule has 0 saturated heterocycles.